The molecule has 0 bridgehead atoms. The number of rotatable bonds is 5. The molecule has 1 aromatic carbocycles. The first-order chi connectivity index (χ1) is 9.40. The van der Waals surface area contributed by atoms with Crippen LogP contribution in [0.2, 0.25) is 5.02 Å². The minimum absolute atomic E-state index is 0.111. The van der Waals surface area contributed by atoms with Gasteiger partial charge in [0.25, 0.3) is 0 Å². The minimum atomic E-state index is -0.721. The molecule has 0 aromatic heterocycles. The molecule has 20 heavy (non-hydrogen) atoms. The maximum absolute atomic E-state index is 12.2. The fourth-order valence-corrected chi connectivity index (χ4v) is 1.99. The van der Waals surface area contributed by atoms with Crippen molar-refractivity contribution in [1.82, 2.24) is 0 Å². The highest BCUT2D eigenvalue weighted by Crippen LogP contribution is 2.27. The molecule has 1 aromatic rings. The number of ether oxygens (including phenoxy) is 1. The summed E-state index contributed by atoms with van der Waals surface area (Å²) in [5.41, 5.74) is 6.07. The van der Waals surface area contributed by atoms with Gasteiger partial charge in [-0.3, -0.25) is 4.79 Å². The molecule has 6 nitrogen and oxygen atoms in total. The zero-order valence-electron chi connectivity index (χ0n) is 11.6. The number of nitrogens with one attached hydrogen (secondary N) is 1. The van der Waals surface area contributed by atoms with Crippen molar-refractivity contribution in [3.63, 3.8) is 0 Å². The molecule has 0 radical (unpaired) electrons. The molecule has 0 saturated heterocycles. The molecule has 0 aliphatic heterocycles. The largest absolute Gasteiger partial charge is 0.495 e. The minimum Gasteiger partial charge on any atom is -0.495 e. The highest BCUT2D eigenvalue weighted by atomic mass is 35.5. The lowest BCUT2D eigenvalue weighted by molar-refractivity contribution is -0.119. The van der Waals surface area contributed by atoms with Crippen molar-refractivity contribution in [2.45, 2.75) is 13.8 Å². The first kappa shape index (κ1) is 16.1. The average Bonchev–Trinajstić information content (AvgIpc) is 2.40. The lowest BCUT2D eigenvalue weighted by Crippen LogP contribution is -2.38. The molecular formula is C13H18ClN3O3. The van der Waals surface area contributed by atoms with Gasteiger partial charge in [-0.15, -0.1) is 0 Å². The van der Waals surface area contributed by atoms with E-state index in [2.05, 4.69) is 10.5 Å². The number of halogens is 1. The van der Waals surface area contributed by atoms with Crippen molar-refractivity contribution in [2.75, 3.05) is 12.4 Å². The maximum Gasteiger partial charge on any atom is 0.235 e. The Hall–Kier alpha value is -1.95. The van der Waals surface area contributed by atoms with E-state index in [4.69, 9.17) is 27.3 Å². The molecule has 1 atom stereocenters. The predicted molar refractivity (Wildman–Crippen MR) is 78.4 cm³/mol. The molecule has 0 fully saturated rings. The molecule has 0 aliphatic rings. The topological polar surface area (TPSA) is 96.9 Å². The number of methoxy groups -OCH3 is 1. The first-order valence-electron chi connectivity index (χ1n) is 6.02. The number of amidine groups is 1. The Morgan fingerprint density at radius 3 is 2.65 bits per heavy atom. The highest BCUT2D eigenvalue weighted by Gasteiger charge is 2.26. The second kappa shape index (κ2) is 7.00. The molecule has 0 spiro atoms. The standard InChI is InChI=1S/C13H18ClN3O3/c1-7(2)11(12(15)17-19)13(18)16-8-4-5-9(14)10(6-8)20-3/h4-7,11,19H,1-3H3,(H2,15,17)(H,16,18). The molecule has 1 unspecified atom stereocenters. The van der Waals surface area contributed by atoms with Crippen molar-refractivity contribution in [1.29, 1.82) is 0 Å². The van der Waals surface area contributed by atoms with Gasteiger partial charge in [0.2, 0.25) is 5.91 Å². The van der Waals surface area contributed by atoms with Crippen LogP contribution in [-0.2, 0) is 4.79 Å². The number of anilines is 1. The van der Waals surface area contributed by atoms with Crippen LogP contribution in [0.5, 0.6) is 5.75 Å². The van der Waals surface area contributed by atoms with Gasteiger partial charge in [-0.1, -0.05) is 30.6 Å². The van der Waals surface area contributed by atoms with Gasteiger partial charge < -0.3 is 21.0 Å². The van der Waals surface area contributed by atoms with Crippen molar-refractivity contribution >= 4 is 29.0 Å². The van der Waals surface area contributed by atoms with Gasteiger partial charge in [0.1, 0.15) is 11.7 Å². The molecule has 0 saturated carbocycles. The molecule has 1 rings (SSSR count). The summed E-state index contributed by atoms with van der Waals surface area (Å²) >= 11 is 5.91. The van der Waals surface area contributed by atoms with Crippen molar-refractivity contribution in [2.24, 2.45) is 22.7 Å². The summed E-state index contributed by atoms with van der Waals surface area (Å²) in [6, 6.07) is 4.86. The smallest absolute Gasteiger partial charge is 0.235 e. The third-order valence-electron chi connectivity index (χ3n) is 2.80. The third kappa shape index (κ3) is 3.77. The van der Waals surface area contributed by atoms with E-state index in [1.54, 1.807) is 18.2 Å². The molecule has 4 N–H and O–H groups in total. The van der Waals surface area contributed by atoms with Gasteiger partial charge in [-0.25, -0.2) is 0 Å². The Labute approximate surface area is 122 Å². The number of carbonyl (C=O) groups excluding carboxylic acids is 1. The summed E-state index contributed by atoms with van der Waals surface area (Å²) in [4.78, 5) is 12.2. The van der Waals surface area contributed by atoms with Gasteiger partial charge in [-0.2, -0.15) is 0 Å². The van der Waals surface area contributed by atoms with Gasteiger partial charge in [0, 0.05) is 11.8 Å². The van der Waals surface area contributed by atoms with E-state index >= 15 is 0 Å². The fourth-order valence-electron chi connectivity index (χ4n) is 1.80. The van der Waals surface area contributed by atoms with Crippen LogP contribution in [0.3, 0.4) is 0 Å². The van der Waals surface area contributed by atoms with Crippen LogP contribution >= 0.6 is 11.6 Å². The molecule has 0 aliphatic carbocycles. The number of carbonyl (C=O) groups is 1. The van der Waals surface area contributed by atoms with E-state index in [-0.39, 0.29) is 17.7 Å². The maximum atomic E-state index is 12.2. The summed E-state index contributed by atoms with van der Waals surface area (Å²) in [6.45, 7) is 3.62. The number of hydrogen-bond donors (Lipinski definition) is 3. The van der Waals surface area contributed by atoms with Gasteiger partial charge >= 0.3 is 0 Å². The highest BCUT2D eigenvalue weighted by molar-refractivity contribution is 6.32. The van der Waals surface area contributed by atoms with Crippen molar-refractivity contribution in [3.05, 3.63) is 23.2 Å². The van der Waals surface area contributed by atoms with Crippen LogP contribution in [0.4, 0.5) is 5.69 Å². The Balaban J connectivity index is 2.94. The summed E-state index contributed by atoms with van der Waals surface area (Å²) < 4.78 is 5.07. The van der Waals surface area contributed by atoms with Crippen molar-refractivity contribution in [3.8, 4) is 5.75 Å². The summed E-state index contributed by atoms with van der Waals surface area (Å²) in [6.07, 6.45) is 0. The lowest BCUT2D eigenvalue weighted by atomic mass is 9.94. The Morgan fingerprint density at radius 1 is 1.50 bits per heavy atom. The number of nitrogens with zero attached hydrogens (tertiary/aromatic N) is 1. The fraction of sp³-hybridized carbons (Fsp3) is 0.385. The zero-order chi connectivity index (χ0) is 15.3. The second-order valence-corrected chi connectivity index (χ2v) is 4.99. The first-order valence-corrected chi connectivity index (χ1v) is 6.40. The summed E-state index contributed by atoms with van der Waals surface area (Å²) in [5.74, 6) is -0.866. The summed E-state index contributed by atoms with van der Waals surface area (Å²) in [7, 11) is 1.49. The monoisotopic (exact) mass is 299 g/mol. The normalized spacial score (nSPS) is 13.2. The Kier molecular flexibility index (Phi) is 5.64. The zero-order valence-corrected chi connectivity index (χ0v) is 12.3. The molecule has 7 heteroatoms. The van der Waals surface area contributed by atoms with Crippen LogP contribution in [0.25, 0.3) is 0 Å². The third-order valence-corrected chi connectivity index (χ3v) is 3.11. The van der Waals surface area contributed by atoms with Crippen LogP contribution in [0, 0.1) is 11.8 Å². The second-order valence-electron chi connectivity index (χ2n) is 4.59. The van der Waals surface area contributed by atoms with Gasteiger partial charge in [0.15, 0.2) is 5.84 Å². The quantitative estimate of drug-likeness (QED) is 0.336. The number of benzene rings is 1. The van der Waals surface area contributed by atoms with Crippen molar-refractivity contribution < 1.29 is 14.7 Å². The van der Waals surface area contributed by atoms with Crippen LogP contribution in [0.15, 0.2) is 23.4 Å². The Morgan fingerprint density at radius 2 is 2.15 bits per heavy atom. The van der Waals surface area contributed by atoms with E-state index in [9.17, 15) is 4.79 Å². The van der Waals surface area contributed by atoms with Gasteiger partial charge in [0.05, 0.1) is 12.1 Å². The van der Waals surface area contributed by atoms with E-state index in [1.165, 1.54) is 7.11 Å². The number of amides is 1. The van der Waals surface area contributed by atoms with E-state index < -0.39 is 5.92 Å². The number of nitrogens with two attached hydrogens (primary N) is 1. The van der Waals surface area contributed by atoms with E-state index in [0.717, 1.165) is 0 Å². The van der Waals surface area contributed by atoms with Crippen LogP contribution < -0.4 is 15.8 Å². The number of oxime groups is 1. The van der Waals surface area contributed by atoms with Crippen LogP contribution in [0.1, 0.15) is 13.8 Å². The summed E-state index contributed by atoms with van der Waals surface area (Å²) in [5, 5.41) is 14.8. The number of hydrogen-bond acceptors (Lipinski definition) is 4. The molecular weight excluding hydrogens is 282 g/mol. The molecule has 1 amide bonds. The van der Waals surface area contributed by atoms with E-state index in [1.807, 2.05) is 13.8 Å². The van der Waals surface area contributed by atoms with Crippen LogP contribution in [-0.4, -0.2) is 24.1 Å². The van der Waals surface area contributed by atoms with Gasteiger partial charge in [-0.05, 0) is 18.1 Å². The molecule has 0 heterocycles. The molecule has 110 valence electrons. The SMILES string of the molecule is COc1cc(NC(=O)C(/C(N)=N/O)C(C)C)ccc1Cl. The van der Waals surface area contributed by atoms with E-state index in [0.29, 0.717) is 16.5 Å². The predicted octanol–water partition coefficient (Wildman–Crippen LogP) is 2.31. The lowest BCUT2D eigenvalue weighted by Gasteiger charge is -2.19. The Bertz CT molecular complexity index is 518. The average molecular weight is 300 g/mol.